The molecule has 1 saturated heterocycles. The lowest BCUT2D eigenvalue weighted by Crippen LogP contribution is -2.40. The van der Waals surface area contributed by atoms with Crippen LogP contribution in [0.15, 0.2) is 22.9 Å². The number of halogens is 1. The molecular weight excluding hydrogens is 271 g/mol. The van der Waals surface area contributed by atoms with Gasteiger partial charge in [-0.25, -0.2) is 9.37 Å². The Balaban J connectivity index is 1.84. The Bertz CT molecular complexity index is 602. The maximum Gasteiger partial charge on any atom is 0.232 e. The number of piperidine rings is 1. The molecule has 1 aliphatic heterocycles. The summed E-state index contributed by atoms with van der Waals surface area (Å²) in [5.74, 6) is 1.09. The summed E-state index contributed by atoms with van der Waals surface area (Å²) in [4.78, 5) is 8.45. The van der Waals surface area contributed by atoms with Gasteiger partial charge < -0.3 is 9.84 Å². The predicted octanol–water partition coefficient (Wildman–Crippen LogP) is 2.55. The van der Waals surface area contributed by atoms with Gasteiger partial charge in [-0.05, 0) is 44.0 Å². The average Bonchev–Trinajstić information content (AvgIpc) is 2.99. The van der Waals surface area contributed by atoms with Gasteiger partial charge in [0.15, 0.2) is 0 Å². The van der Waals surface area contributed by atoms with E-state index in [1.165, 1.54) is 6.07 Å². The van der Waals surface area contributed by atoms with E-state index in [9.17, 15) is 4.39 Å². The summed E-state index contributed by atoms with van der Waals surface area (Å²) in [5, 5.41) is 7.40. The maximum atomic E-state index is 12.9. The Morgan fingerprint density at radius 3 is 2.90 bits per heavy atom. The molecule has 0 aliphatic carbocycles. The van der Waals surface area contributed by atoms with Crippen molar-refractivity contribution >= 4 is 0 Å². The third kappa shape index (κ3) is 2.81. The van der Waals surface area contributed by atoms with Gasteiger partial charge in [0.1, 0.15) is 11.5 Å². The minimum absolute atomic E-state index is 0.196. The van der Waals surface area contributed by atoms with Gasteiger partial charge >= 0.3 is 0 Å². The molecule has 3 rings (SSSR count). The molecule has 1 N–H and O–H groups in total. The molecule has 2 aromatic heterocycles. The highest BCUT2D eigenvalue weighted by Gasteiger charge is 2.37. The monoisotopic (exact) mass is 290 g/mol. The summed E-state index contributed by atoms with van der Waals surface area (Å²) in [6, 6.07) is 2.90. The van der Waals surface area contributed by atoms with Crippen molar-refractivity contribution in [3.8, 4) is 11.5 Å². The zero-order valence-corrected chi connectivity index (χ0v) is 12.3. The van der Waals surface area contributed by atoms with Crippen molar-refractivity contribution < 1.29 is 8.91 Å². The van der Waals surface area contributed by atoms with E-state index in [2.05, 4.69) is 34.3 Å². The Morgan fingerprint density at radius 2 is 2.24 bits per heavy atom. The molecular formula is C15H19FN4O. The maximum absolute atomic E-state index is 12.9. The number of nitrogens with zero attached hydrogens (tertiary/aromatic N) is 3. The number of rotatable bonds is 3. The van der Waals surface area contributed by atoms with Crippen molar-refractivity contribution in [2.24, 2.45) is 5.92 Å². The van der Waals surface area contributed by atoms with Crippen molar-refractivity contribution in [2.45, 2.75) is 32.1 Å². The number of aromatic nitrogens is 3. The molecule has 0 amide bonds. The predicted molar refractivity (Wildman–Crippen MR) is 76.1 cm³/mol. The summed E-state index contributed by atoms with van der Waals surface area (Å²) in [6.07, 6.45) is 3.46. The van der Waals surface area contributed by atoms with Gasteiger partial charge in [0.2, 0.25) is 11.7 Å². The van der Waals surface area contributed by atoms with Crippen molar-refractivity contribution in [3.63, 3.8) is 0 Å². The smallest absolute Gasteiger partial charge is 0.232 e. The van der Waals surface area contributed by atoms with E-state index in [-0.39, 0.29) is 11.2 Å². The molecule has 2 aromatic rings. The summed E-state index contributed by atoms with van der Waals surface area (Å²) in [7, 11) is 0. The molecule has 0 bridgehead atoms. The quantitative estimate of drug-likeness (QED) is 0.941. The van der Waals surface area contributed by atoms with Crippen LogP contribution < -0.4 is 5.32 Å². The molecule has 1 unspecified atom stereocenters. The lowest BCUT2D eigenvalue weighted by atomic mass is 9.75. The highest BCUT2D eigenvalue weighted by molar-refractivity contribution is 5.47. The fourth-order valence-electron chi connectivity index (χ4n) is 2.74. The zero-order valence-electron chi connectivity index (χ0n) is 12.3. The highest BCUT2D eigenvalue weighted by atomic mass is 19.1. The van der Waals surface area contributed by atoms with Crippen LogP contribution in [0.5, 0.6) is 0 Å². The van der Waals surface area contributed by atoms with Gasteiger partial charge in [-0.3, -0.25) is 0 Å². The van der Waals surface area contributed by atoms with Gasteiger partial charge in [0.05, 0.1) is 6.20 Å². The first kappa shape index (κ1) is 14.1. The third-order valence-electron chi connectivity index (χ3n) is 4.25. The molecule has 3 heterocycles. The van der Waals surface area contributed by atoms with Crippen LogP contribution in [-0.2, 0) is 5.41 Å². The van der Waals surface area contributed by atoms with Crippen LogP contribution >= 0.6 is 0 Å². The van der Waals surface area contributed by atoms with E-state index < -0.39 is 0 Å². The van der Waals surface area contributed by atoms with Gasteiger partial charge in [-0.15, -0.1) is 0 Å². The van der Waals surface area contributed by atoms with E-state index >= 15 is 0 Å². The van der Waals surface area contributed by atoms with E-state index in [0.29, 0.717) is 23.3 Å². The van der Waals surface area contributed by atoms with Crippen LogP contribution in [0.2, 0.25) is 0 Å². The first-order valence-electron chi connectivity index (χ1n) is 7.24. The van der Waals surface area contributed by atoms with Crippen LogP contribution in [0, 0.1) is 11.7 Å². The second-order valence-electron chi connectivity index (χ2n) is 6.05. The second kappa shape index (κ2) is 5.52. The summed E-state index contributed by atoms with van der Waals surface area (Å²) >= 11 is 0. The van der Waals surface area contributed by atoms with E-state index in [4.69, 9.17) is 4.52 Å². The van der Waals surface area contributed by atoms with Crippen LogP contribution in [0.25, 0.3) is 11.5 Å². The molecule has 112 valence electrons. The second-order valence-corrected chi connectivity index (χ2v) is 6.05. The largest absolute Gasteiger partial charge is 0.338 e. The average molecular weight is 290 g/mol. The molecule has 6 heteroatoms. The van der Waals surface area contributed by atoms with Gasteiger partial charge in [-0.2, -0.15) is 4.98 Å². The molecule has 1 aliphatic rings. The van der Waals surface area contributed by atoms with Crippen molar-refractivity contribution in [1.82, 2.24) is 20.4 Å². The SMILES string of the molecule is CC(C)(c1nc(-c2ccc(F)cn2)no1)C1CCCNC1. The first-order valence-corrected chi connectivity index (χ1v) is 7.24. The Kier molecular flexibility index (Phi) is 3.71. The molecule has 21 heavy (non-hydrogen) atoms. The molecule has 0 radical (unpaired) electrons. The number of nitrogens with one attached hydrogen (secondary N) is 1. The number of pyridine rings is 1. The van der Waals surface area contributed by atoms with E-state index in [1.54, 1.807) is 6.07 Å². The highest BCUT2D eigenvalue weighted by Crippen LogP contribution is 2.35. The Hall–Kier alpha value is -1.82. The van der Waals surface area contributed by atoms with Gasteiger partial charge in [0.25, 0.3) is 0 Å². The summed E-state index contributed by atoms with van der Waals surface area (Å²) in [5.41, 5.74) is 0.322. The van der Waals surface area contributed by atoms with Crippen molar-refractivity contribution in [3.05, 3.63) is 30.0 Å². The Labute approximate surface area is 123 Å². The molecule has 0 aromatic carbocycles. The molecule has 0 saturated carbocycles. The third-order valence-corrected chi connectivity index (χ3v) is 4.25. The van der Waals surface area contributed by atoms with Gasteiger partial charge in [0, 0.05) is 5.41 Å². The molecule has 5 nitrogen and oxygen atoms in total. The van der Waals surface area contributed by atoms with Gasteiger partial charge in [-0.1, -0.05) is 19.0 Å². The molecule has 0 spiro atoms. The summed E-state index contributed by atoms with van der Waals surface area (Å²) in [6.45, 7) is 6.28. The summed E-state index contributed by atoms with van der Waals surface area (Å²) < 4.78 is 18.4. The minimum atomic E-state index is -0.379. The standard InChI is InChI=1S/C15H19FN4O/c1-15(2,10-4-3-7-17-8-10)14-19-13(20-21-14)12-6-5-11(16)9-18-12/h5-6,9-10,17H,3-4,7-8H2,1-2H3. The van der Waals surface area contributed by atoms with Crippen molar-refractivity contribution in [1.29, 1.82) is 0 Å². The first-order chi connectivity index (χ1) is 10.1. The fourth-order valence-corrected chi connectivity index (χ4v) is 2.74. The minimum Gasteiger partial charge on any atom is -0.338 e. The Morgan fingerprint density at radius 1 is 1.38 bits per heavy atom. The number of hydrogen-bond acceptors (Lipinski definition) is 5. The molecule has 1 atom stereocenters. The van der Waals surface area contributed by atoms with E-state index in [1.807, 2.05) is 0 Å². The topological polar surface area (TPSA) is 63.8 Å². The molecule has 1 fully saturated rings. The zero-order chi connectivity index (χ0) is 14.9. The van der Waals surface area contributed by atoms with Crippen LogP contribution in [-0.4, -0.2) is 28.2 Å². The van der Waals surface area contributed by atoms with Crippen molar-refractivity contribution in [2.75, 3.05) is 13.1 Å². The lowest BCUT2D eigenvalue weighted by molar-refractivity contribution is 0.196. The fraction of sp³-hybridized carbons (Fsp3) is 0.533. The van der Waals surface area contributed by atoms with Crippen LogP contribution in [0.1, 0.15) is 32.6 Å². The normalized spacial score (nSPS) is 19.7. The lowest BCUT2D eigenvalue weighted by Gasteiger charge is -2.34. The van der Waals surface area contributed by atoms with E-state index in [0.717, 1.165) is 32.1 Å². The number of hydrogen-bond donors (Lipinski definition) is 1. The van der Waals surface area contributed by atoms with Crippen LogP contribution in [0.4, 0.5) is 4.39 Å². The van der Waals surface area contributed by atoms with Crippen LogP contribution in [0.3, 0.4) is 0 Å².